The molecule has 2 aromatic carbocycles. The fourth-order valence-corrected chi connectivity index (χ4v) is 3.19. The lowest BCUT2D eigenvalue weighted by Crippen LogP contribution is -2.54. The fourth-order valence-electron chi connectivity index (χ4n) is 3.02. The Labute approximate surface area is 188 Å². The summed E-state index contributed by atoms with van der Waals surface area (Å²) < 4.78 is 10.7. The summed E-state index contributed by atoms with van der Waals surface area (Å²) in [5, 5.41) is 11.3. The summed E-state index contributed by atoms with van der Waals surface area (Å²) in [6.45, 7) is 3.11. The van der Waals surface area contributed by atoms with Gasteiger partial charge in [0.2, 0.25) is 0 Å². The smallest absolute Gasteiger partial charge is 0.341 e. The zero-order chi connectivity index (χ0) is 23.4. The van der Waals surface area contributed by atoms with Crippen molar-refractivity contribution >= 4 is 47.2 Å². The molecule has 2 aromatic rings. The summed E-state index contributed by atoms with van der Waals surface area (Å²) in [7, 11) is 0. The molecule has 0 aromatic heterocycles. The number of amides is 4. The molecule has 1 heterocycles. The number of benzene rings is 2. The lowest BCUT2D eigenvalue weighted by atomic mass is 10.1. The minimum absolute atomic E-state index is 0.196. The molecule has 0 aliphatic carbocycles. The van der Waals surface area contributed by atoms with Gasteiger partial charge in [-0.3, -0.25) is 14.9 Å². The molecule has 0 bridgehead atoms. The fraction of sp³-hybridized carbons (Fsp3) is 0.182. The number of carboxylic acid groups (broad SMARTS) is 1. The van der Waals surface area contributed by atoms with E-state index >= 15 is 0 Å². The Morgan fingerprint density at radius 2 is 1.91 bits per heavy atom. The van der Waals surface area contributed by atoms with E-state index in [1.165, 1.54) is 24.3 Å². The summed E-state index contributed by atoms with van der Waals surface area (Å²) in [5.74, 6) is -2.37. The highest BCUT2D eigenvalue weighted by Crippen LogP contribution is 2.32. The van der Waals surface area contributed by atoms with Crippen molar-refractivity contribution in [1.82, 2.24) is 5.32 Å². The molecule has 166 valence electrons. The Bertz CT molecular complexity index is 1140. The van der Waals surface area contributed by atoms with E-state index in [1.54, 1.807) is 32.0 Å². The molecule has 0 spiro atoms. The van der Waals surface area contributed by atoms with Gasteiger partial charge in [0.25, 0.3) is 11.8 Å². The Morgan fingerprint density at radius 3 is 2.59 bits per heavy atom. The van der Waals surface area contributed by atoms with Gasteiger partial charge in [-0.05, 0) is 55.3 Å². The zero-order valence-corrected chi connectivity index (χ0v) is 17.9. The first-order chi connectivity index (χ1) is 15.2. The molecule has 0 radical (unpaired) electrons. The van der Waals surface area contributed by atoms with Crippen molar-refractivity contribution in [2.24, 2.45) is 0 Å². The van der Waals surface area contributed by atoms with Crippen LogP contribution in [-0.4, -0.2) is 42.1 Å². The first kappa shape index (κ1) is 22.8. The number of nitrogens with one attached hydrogen (secondary N) is 1. The second kappa shape index (κ2) is 9.52. The van der Waals surface area contributed by atoms with Crippen LogP contribution in [0.15, 0.2) is 42.0 Å². The van der Waals surface area contributed by atoms with Gasteiger partial charge in [-0.2, -0.15) is 0 Å². The monoisotopic (exact) mass is 458 g/mol. The maximum atomic E-state index is 13.1. The van der Waals surface area contributed by atoms with Crippen molar-refractivity contribution in [3.05, 3.63) is 58.1 Å². The summed E-state index contributed by atoms with van der Waals surface area (Å²) in [6, 6.07) is 8.38. The van der Waals surface area contributed by atoms with Crippen LogP contribution in [0.2, 0.25) is 5.02 Å². The van der Waals surface area contributed by atoms with E-state index in [4.69, 9.17) is 26.2 Å². The highest BCUT2D eigenvalue weighted by atomic mass is 35.5. The minimum Gasteiger partial charge on any atom is -0.490 e. The second-order valence-corrected chi connectivity index (χ2v) is 7.07. The van der Waals surface area contributed by atoms with Crippen LogP contribution >= 0.6 is 11.6 Å². The first-order valence-electron chi connectivity index (χ1n) is 9.51. The molecule has 1 fully saturated rings. The van der Waals surface area contributed by atoms with E-state index in [1.807, 2.05) is 0 Å². The molecule has 32 heavy (non-hydrogen) atoms. The molecule has 3 rings (SSSR count). The molecule has 1 aliphatic heterocycles. The molecule has 10 heteroatoms. The highest BCUT2D eigenvalue weighted by Gasteiger charge is 2.37. The maximum Gasteiger partial charge on any atom is 0.341 e. The number of carbonyl (C=O) groups is 4. The van der Waals surface area contributed by atoms with Crippen molar-refractivity contribution in [2.75, 3.05) is 18.1 Å². The predicted molar refractivity (Wildman–Crippen MR) is 116 cm³/mol. The molecule has 1 aliphatic rings. The normalized spacial score (nSPS) is 15.0. The van der Waals surface area contributed by atoms with Gasteiger partial charge in [-0.1, -0.05) is 23.7 Å². The third-order valence-corrected chi connectivity index (χ3v) is 4.92. The molecular weight excluding hydrogens is 440 g/mol. The van der Waals surface area contributed by atoms with Gasteiger partial charge in [0.05, 0.1) is 12.3 Å². The number of hydrogen-bond acceptors (Lipinski definition) is 6. The Morgan fingerprint density at radius 1 is 1.16 bits per heavy atom. The van der Waals surface area contributed by atoms with E-state index in [0.717, 1.165) is 4.90 Å². The number of aliphatic carboxylic acids is 1. The number of carbonyl (C=O) groups excluding carboxylic acids is 3. The van der Waals surface area contributed by atoms with E-state index in [2.05, 4.69) is 5.32 Å². The van der Waals surface area contributed by atoms with Crippen molar-refractivity contribution < 1.29 is 33.8 Å². The molecular formula is C22H19ClN2O7. The molecule has 0 saturated carbocycles. The van der Waals surface area contributed by atoms with Crippen LogP contribution in [-0.2, 0) is 14.4 Å². The van der Waals surface area contributed by atoms with Gasteiger partial charge in [0, 0.05) is 5.02 Å². The molecule has 2 N–H and O–H groups in total. The van der Waals surface area contributed by atoms with Crippen LogP contribution < -0.4 is 19.7 Å². The molecule has 4 amide bonds. The number of carboxylic acids is 1. The number of ether oxygens (including phenoxy) is 2. The number of rotatable bonds is 7. The Balaban J connectivity index is 1.99. The second-order valence-electron chi connectivity index (χ2n) is 6.66. The number of urea groups is 1. The number of hydrogen-bond donors (Lipinski definition) is 2. The SMILES string of the molecule is CCOc1cc(/C=C2/C(=O)NC(=O)N(c3cccc(Cl)c3C)C2=O)ccc1OCC(=O)O. The van der Waals surface area contributed by atoms with Gasteiger partial charge in [0.1, 0.15) is 5.57 Å². The van der Waals surface area contributed by atoms with Gasteiger partial charge < -0.3 is 14.6 Å². The van der Waals surface area contributed by atoms with E-state index in [9.17, 15) is 19.2 Å². The summed E-state index contributed by atoms with van der Waals surface area (Å²) in [5.41, 5.74) is 0.896. The van der Waals surface area contributed by atoms with Gasteiger partial charge in [-0.15, -0.1) is 0 Å². The van der Waals surface area contributed by atoms with Gasteiger partial charge >= 0.3 is 12.0 Å². The third-order valence-electron chi connectivity index (χ3n) is 4.51. The topological polar surface area (TPSA) is 122 Å². The van der Waals surface area contributed by atoms with Crippen molar-refractivity contribution in [2.45, 2.75) is 13.8 Å². The summed E-state index contributed by atoms with van der Waals surface area (Å²) in [6.07, 6.45) is 1.31. The molecule has 0 unspecified atom stereocenters. The van der Waals surface area contributed by atoms with Crippen LogP contribution in [0.25, 0.3) is 6.08 Å². The summed E-state index contributed by atoms with van der Waals surface area (Å²) in [4.78, 5) is 49.5. The predicted octanol–water partition coefficient (Wildman–Crippen LogP) is 3.18. The third kappa shape index (κ3) is 4.73. The Hall–Kier alpha value is -3.85. The first-order valence-corrected chi connectivity index (χ1v) is 9.88. The van der Waals surface area contributed by atoms with Crippen LogP contribution in [0.4, 0.5) is 10.5 Å². The average Bonchev–Trinajstić information content (AvgIpc) is 2.73. The van der Waals surface area contributed by atoms with Gasteiger partial charge in [0.15, 0.2) is 18.1 Å². The van der Waals surface area contributed by atoms with E-state index < -0.39 is 30.4 Å². The summed E-state index contributed by atoms with van der Waals surface area (Å²) >= 11 is 6.12. The maximum absolute atomic E-state index is 13.1. The quantitative estimate of drug-likeness (QED) is 0.482. The number of anilines is 1. The molecule has 0 atom stereocenters. The van der Waals surface area contributed by atoms with E-state index in [-0.39, 0.29) is 29.4 Å². The number of nitrogens with zero attached hydrogens (tertiary/aromatic N) is 1. The van der Waals surface area contributed by atoms with Crippen LogP contribution in [0.1, 0.15) is 18.1 Å². The number of barbiturate groups is 1. The van der Waals surface area contributed by atoms with Crippen molar-refractivity contribution in [3.8, 4) is 11.5 Å². The van der Waals surface area contributed by atoms with E-state index in [0.29, 0.717) is 16.1 Å². The highest BCUT2D eigenvalue weighted by molar-refractivity contribution is 6.39. The minimum atomic E-state index is -1.15. The lowest BCUT2D eigenvalue weighted by Gasteiger charge is -2.27. The van der Waals surface area contributed by atoms with Crippen molar-refractivity contribution in [3.63, 3.8) is 0 Å². The van der Waals surface area contributed by atoms with Crippen LogP contribution in [0, 0.1) is 6.92 Å². The number of halogens is 1. The lowest BCUT2D eigenvalue weighted by molar-refractivity contribution is -0.139. The standard InChI is InChI=1S/C22H19ClN2O7/c1-3-31-18-10-13(7-8-17(18)32-11-19(26)27)9-14-20(28)24-22(30)25(21(14)29)16-6-4-5-15(23)12(16)2/h4-10H,3,11H2,1-2H3,(H,26,27)(H,24,28,30)/b14-9-. The zero-order valence-electron chi connectivity index (χ0n) is 17.2. The number of imide groups is 2. The molecule has 9 nitrogen and oxygen atoms in total. The Kier molecular flexibility index (Phi) is 6.79. The largest absolute Gasteiger partial charge is 0.490 e. The average molecular weight is 459 g/mol. The van der Waals surface area contributed by atoms with Crippen molar-refractivity contribution in [1.29, 1.82) is 0 Å². The van der Waals surface area contributed by atoms with Crippen LogP contribution in [0.3, 0.4) is 0 Å². The van der Waals surface area contributed by atoms with Crippen LogP contribution in [0.5, 0.6) is 11.5 Å². The molecule has 1 saturated heterocycles. The van der Waals surface area contributed by atoms with Gasteiger partial charge in [-0.25, -0.2) is 14.5 Å².